The van der Waals surface area contributed by atoms with Gasteiger partial charge in [-0.25, -0.2) is 8.42 Å². The quantitative estimate of drug-likeness (QED) is 0.685. The minimum Gasteiger partial charge on any atom is -0.497 e. The Labute approximate surface area is 166 Å². The van der Waals surface area contributed by atoms with Crippen LogP contribution in [0.25, 0.3) is 0 Å². The zero-order valence-corrected chi connectivity index (χ0v) is 16.8. The molecule has 0 aliphatic heterocycles. The normalized spacial score (nSPS) is 14.6. The second-order valence-corrected chi connectivity index (χ2v) is 8.78. The van der Waals surface area contributed by atoms with Crippen molar-refractivity contribution < 1.29 is 17.9 Å². The molecule has 2 aromatic rings. The zero-order valence-electron chi connectivity index (χ0n) is 16.0. The lowest BCUT2D eigenvalue weighted by Gasteiger charge is -2.12. The van der Waals surface area contributed by atoms with Gasteiger partial charge in [-0.05, 0) is 54.8 Å². The van der Waals surface area contributed by atoms with Gasteiger partial charge in [-0.2, -0.15) is 0 Å². The molecule has 0 radical (unpaired) electrons. The first-order chi connectivity index (χ1) is 13.5. The van der Waals surface area contributed by atoms with Crippen LogP contribution in [0.3, 0.4) is 0 Å². The molecular weight excluding hydrogens is 376 g/mol. The van der Waals surface area contributed by atoms with Gasteiger partial charge in [-0.15, -0.1) is 0 Å². The van der Waals surface area contributed by atoms with E-state index < -0.39 is 10.0 Å². The van der Waals surface area contributed by atoms with Gasteiger partial charge in [0, 0.05) is 17.8 Å². The average Bonchev–Trinajstić information content (AvgIpc) is 3.21. The number of sulfonamides is 1. The molecule has 2 aromatic carbocycles. The molecule has 1 saturated carbocycles. The molecule has 0 aromatic heterocycles. The van der Waals surface area contributed by atoms with E-state index in [-0.39, 0.29) is 10.8 Å². The van der Waals surface area contributed by atoms with Crippen molar-refractivity contribution in [3.63, 3.8) is 0 Å². The van der Waals surface area contributed by atoms with Crippen LogP contribution in [-0.2, 0) is 14.8 Å². The summed E-state index contributed by atoms with van der Waals surface area (Å²) in [5, 5.41) is 2.81. The fourth-order valence-corrected chi connectivity index (χ4v) is 4.58. The highest BCUT2D eigenvalue weighted by atomic mass is 32.2. The Morgan fingerprint density at radius 2 is 1.79 bits per heavy atom. The molecule has 1 amide bonds. The number of benzene rings is 2. The predicted molar refractivity (Wildman–Crippen MR) is 110 cm³/mol. The summed E-state index contributed by atoms with van der Waals surface area (Å²) in [5.41, 5.74) is 0.917. The standard InChI is InChI=1S/C21H26N2O4S/c1-27-19-12-10-17(11-13-19)23-28(25,26)20-8-4-7-18(15-20)22-21(24)14-9-16-5-2-3-6-16/h4,7-8,10-13,15-16,23H,2-3,5-6,9,14H2,1H3,(H,22,24). The van der Waals surface area contributed by atoms with Crippen LogP contribution in [-0.4, -0.2) is 21.4 Å². The van der Waals surface area contributed by atoms with Crippen LogP contribution in [0.1, 0.15) is 38.5 Å². The van der Waals surface area contributed by atoms with E-state index in [9.17, 15) is 13.2 Å². The topological polar surface area (TPSA) is 84.5 Å². The maximum absolute atomic E-state index is 12.6. The van der Waals surface area contributed by atoms with Gasteiger partial charge in [0.15, 0.2) is 0 Å². The van der Waals surface area contributed by atoms with Gasteiger partial charge in [0.05, 0.1) is 12.0 Å². The smallest absolute Gasteiger partial charge is 0.261 e. The van der Waals surface area contributed by atoms with Gasteiger partial charge in [0.2, 0.25) is 5.91 Å². The maximum Gasteiger partial charge on any atom is 0.261 e. The SMILES string of the molecule is COc1ccc(NS(=O)(=O)c2cccc(NC(=O)CCC3CCCC3)c2)cc1. The van der Waals surface area contributed by atoms with Crippen LogP contribution in [0.4, 0.5) is 11.4 Å². The number of hydrogen-bond acceptors (Lipinski definition) is 4. The number of hydrogen-bond donors (Lipinski definition) is 2. The fourth-order valence-electron chi connectivity index (χ4n) is 3.47. The summed E-state index contributed by atoms with van der Waals surface area (Å²) in [7, 11) is -2.21. The number of amides is 1. The van der Waals surface area contributed by atoms with E-state index in [2.05, 4.69) is 10.0 Å². The molecule has 0 unspecified atom stereocenters. The Bertz CT molecular complexity index is 904. The van der Waals surface area contributed by atoms with Crippen molar-refractivity contribution >= 4 is 27.3 Å². The van der Waals surface area contributed by atoms with E-state index >= 15 is 0 Å². The molecule has 1 fully saturated rings. The van der Waals surface area contributed by atoms with Gasteiger partial charge in [0.25, 0.3) is 10.0 Å². The summed E-state index contributed by atoms with van der Waals surface area (Å²) in [6.07, 6.45) is 6.28. The Morgan fingerprint density at radius 3 is 2.46 bits per heavy atom. The first kappa shape index (κ1) is 20.2. The van der Waals surface area contributed by atoms with Gasteiger partial charge in [-0.1, -0.05) is 31.7 Å². The number of ether oxygens (including phenoxy) is 1. The molecule has 6 nitrogen and oxygen atoms in total. The van der Waals surface area contributed by atoms with Crippen LogP contribution in [0, 0.1) is 5.92 Å². The van der Waals surface area contributed by atoms with E-state index in [1.165, 1.54) is 37.8 Å². The van der Waals surface area contributed by atoms with Gasteiger partial charge < -0.3 is 10.1 Å². The van der Waals surface area contributed by atoms with Gasteiger partial charge in [-0.3, -0.25) is 9.52 Å². The molecule has 1 aliphatic rings. The first-order valence-electron chi connectivity index (χ1n) is 9.53. The zero-order chi connectivity index (χ0) is 20.0. The Kier molecular flexibility index (Phi) is 6.57. The van der Waals surface area contributed by atoms with Crippen LogP contribution < -0.4 is 14.8 Å². The molecule has 0 bridgehead atoms. The molecule has 150 valence electrons. The Balaban J connectivity index is 1.62. The Hall–Kier alpha value is -2.54. The van der Waals surface area contributed by atoms with Crippen molar-refractivity contribution in [3.05, 3.63) is 48.5 Å². The third-order valence-electron chi connectivity index (χ3n) is 5.02. The molecule has 1 aliphatic carbocycles. The van der Waals surface area contributed by atoms with E-state index in [1.54, 1.807) is 43.5 Å². The van der Waals surface area contributed by atoms with Crippen molar-refractivity contribution in [2.75, 3.05) is 17.1 Å². The molecule has 7 heteroatoms. The van der Waals surface area contributed by atoms with E-state index in [0.717, 1.165) is 6.42 Å². The number of rotatable bonds is 8. The number of carbonyl (C=O) groups is 1. The molecule has 2 N–H and O–H groups in total. The molecule has 0 atom stereocenters. The van der Waals surface area contributed by atoms with Crippen molar-refractivity contribution in [1.29, 1.82) is 0 Å². The summed E-state index contributed by atoms with van der Waals surface area (Å²) in [6, 6.07) is 12.9. The van der Waals surface area contributed by atoms with Crippen molar-refractivity contribution in [2.24, 2.45) is 5.92 Å². The molecule has 0 heterocycles. The summed E-state index contributed by atoms with van der Waals surface area (Å²) in [5.74, 6) is 1.21. The number of nitrogens with one attached hydrogen (secondary N) is 2. The van der Waals surface area contributed by atoms with Crippen LogP contribution in [0.15, 0.2) is 53.4 Å². The summed E-state index contributed by atoms with van der Waals surface area (Å²) >= 11 is 0. The first-order valence-corrected chi connectivity index (χ1v) is 11.0. The molecule has 0 spiro atoms. The lowest BCUT2D eigenvalue weighted by Crippen LogP contribution is -2.15. The molecule has 0 saturated heterocycles. The minimum absolute atomic E-state index is 0.0791. The molecule has 28 heavy (non-hydrogen) atoms. The third-order valence-corrected chi connectivity index (χ3v) is 6.40. The maximum atomic E-state index is 12.6. The van der Waals surface area contributed by atoms with Crippen LogP contribution in [0.2, 0.25) is 0 Å². The second kappa shape index (κ2) is 9.10. The van der Waals surface area contributed by atoms with Crippen molar-refractivity contribution in [3.8, 4) is 5.75 Å². The van der Waals surface area contributed by atoms with E-state index in [4.69, 9.17) is 4.74 Å². The van der Waals surface area contributed by atoms with Gasteiger partial charge in [0.1, 0.15) is 5.75 Å². The monoisotopic (exact) mass is 402 g/mol. The Morgan fingerprint density at radius 1 is 1.07 bits per heavy atom. The number of anilines is 2. The summed E-state index contributed by atoms with van der Waals surface area (Å²) in [4.78, 5) is 12.3. The molecule has 3 rings (SSSR count). The minimum atomic E-state index is -3.76. The summed E-state index contributed by atoms with van der Waals surface area (Å²) < 4.78 is 32.9. The largest absolute Gasteiger partial charge is 0.497 e. The fraction of sp³-hybridized carbons (Fsp3) is 0.381. The predicted octanol–water partition coefficient (Wildman–Crippen LogP) is 4.40. The highest BCUT2D eigenvalue weighted by Gasteiger charge is 2.17. The second-order valence-electron chi connectivity index (χ2n) is 7.10. The average molecular weight is 403 g/mol. The van der Waals surface area contributed by atoms with E-state index in [1.807, 2.05) is 0 Å². The van der Waals surface area contributed by atoms with E-state index in [0.29, 0.717) is 29.5 Å². The lowest BCUT2D eigenvalue weighted by atomic mass is 10.0. The van der Waals surface area contributed by atoms with Crippen molar-refractivity contribution in [1.82, 2.24) is 0 Å². The highest BCUT2D eigenvalue weighted by Crippen LogP contribution is 2.28. The van der Waals surface area contributed by atoms with Crippen LogP contribution in [0.5, 0.6) is 5.75 Å². The third kappa shape index (κ3) is 5.48. The summed E-state index contributed by atoms with van der Waals surface area (Å²) in [6.45, 7) is 0. The van der Waals surface area contributed by atoms with Crippen LogP contribution >= 0.6 is 0 Å². The number of carbonyl (C=O) groups excluding carboxylic acids is 1. The lowest BCUT2D eigenvalue weighted by molar-refractivity contribution is -0.116. The van der Waals surface area contributed by atoms with Crippen molar-refractivity contribution in [2.45, 2.75) is 43.4 Å². The van der Waals surface area contributed by atoms with Gasteiger partial charge >= 0.3 is 0 Å². The highest BCUT2D eigenvalue weighted by molar-refractivity contribution is 7.92. The number of methoxy groups -OCH3 is 1. The molecular formula is C21H26N2O4S.